The predicted octanol–water partition coefficient (Wildman–Crippen LogP) is 1.69. The molecule has 7 heteroatoms. The molecule has 0 aliphatic carbocycles. The van der Waals surface area contributed by atoms with Crippen molar-refractivity contribution < 1.29 is 4.74 Å². The first-order valence-electron chi connectivity index (χ1n) is 6.49. The number of ether oxygens (including phenoxy) is 1. The topological polar surface area (TPSA) is 41.5 Å². The van der Waals surface area contributed by atoms with Gasteiger partial charge in [-0.05, 0) is 18.0 Å². The summed E-state index contributed by atoms with van der Waals surface area (Å²) < 4.78 is 5.39. The molecule has 2 aliphatic heterocycles. The molecule has 104 valence electrons. The Bertz CT molecular complexity index is 453. The second kappa shape index (κ2) is 5.79. The van der Waals surface area contributed by atoms with Crippen molar-refractivity contribution in [2.75, 3.05) is 44.3 Å². The van der Waals surface area contributed by atoms with Crippen LogP contribution in [0.4, 0.5) is 5.82 Å². The Kier molecular flexibility index (Phi) is 4.07. The summed E-state index contributed by atoms with van der Waals surface area (Å²) in [4.78, 5) is 12.8. The number of hydrogen-bond acceptors (Lipinski definition) is 5. The van der Waals surface area contributed by atoms with Gasteiger partial charge in [0.2, 0.25) is 5.28 Å². The Morgan fingerprint density at radius 2 is 2.00 bits per heavy atom. The fraction of sp³-hybridized carbons (Fsp3) is 0.667. The smallest absolute Gasteiger partial charge is 0.224 e. The summed E-state index contributed by atoms with van der Waals surface area (Å²) in [6.45, 7) is 5.57. The first kappa shape index (κ1) is 13.4. The van der Waals surface area contributed by atoms with E-state index in [9.17, 15) is 0 Å². The van der Waals surface area contributed by atoms with E-state index in [1.54, 1.807) is 6.20 Å². The van der Waals surface area contributed by atoms with Gasteiger partial charge in [-0.3, -0.25) is 4.90 Å². The standard InChI is InChI=1S/C12H16Cl2N4O/c13-10-7-15-12(14)16-11(10)18-2-1-9(8-18)17-3-5-19-6-4-17/h7,9H,1-6,8H2. The molecule has 0 bridgehead atoms. The summed E-state index contributed by atoms with van der Waals surface area (Å²) in [5.41, 5.74) is 0. The average Bonchev–Trinajstić information content (AvgIpc) is 2.92. The Balaban J connectivity index is 1.69. The van der Waals surface area contributed by atoms with Gasteiger partial charge in [0, 0.05) is 32.2 Å². The zero-order valence-electron chi connectivity index (χ0n) is 10.6. The molecule has 0 radical (unpaired) electrons. The fourth-order valence-corrected chi connectivity index (χ4v) is 3.07. The third-order valence-corrected chi connectivity index (χ3v) is 4.17. The molecular weight excluding hydrogens is 287 g/mol. The van der Waals surface area contributed by atoms with Crippen LogP contribution in [0.25, 0.3) is 0 Å². The van der Waals surface area contributed by atoms with Crippen LogP contribution in [-0.2, 0) is 4.74 Å². The molecule has 0 amide bonds. The maximum atomic E-state index is 6.15. The molecular formula is C12H16Cl2N4O. The van der Waals surface area contributed by atoms with Gasteiger partial charge in [-0.25, -0.2) is 4.98 Å². The van der Waals surface area contributed by atoms with E-state index in [0.29, 0.717) is 11.1 Å². The van der Waals surface area contributed by atoms with E-state index in [4.69, 9.17) is 27.9 Å². The number of hydrogen-bond donors (Lipinski definition) is 0. The van der Waals surface area contributed by atoms with Crippen molar-refractivity contribution in [2.24, 2.45) is 0 Å². The largest absolute Gasteiger partial charge is 0.379 e. The van der Waals surface area contributed by atoms with E-state index in [1.807, 2.05) is 0 Å². The quantitative estimate of drug-likeness (QED) is 0.778. The highest BCUT2D eigenvalue weighted by Gasteiger charge is 2.30. The van der Waals surface area contributed by atoms with Gasteiger partial charge in [0.05, 0.1) is 19.4 Å². The molecule has 5 nitrogen and oxygen atoms in total. The Morgan fingerprint density at radius 3 is 2.79 bits per heavy atom. The van der Waals surface area contributed by atoms with Crippen LogP contribution < -0.4 is 4.90 Å². The van der Waals surface area contributed by atoms with Crippen molar-refractivity contribution in [1.29, 1.82) is 0 Å². The molecule has 0 spiro atoms. The van der Waals surface area contributed by atoms with Crippen LogP contribution in [0.1, 0.15) is 6.42 Å². The average molecular weight is 303 g/mol. The van der Waals surface area contributed by atoms with E-state index in [1.165, 1.54) is 0 Å². The molecule has 1 aromatic rings. The molecule has 0 N–H and O–H groups in total. The molecule has 0 saturated carbocycles. The van der Waals surface area contributed by atoms with Gasteiger partial charge in [0.1, 0.15) is 5.02 Å². The van der Waals surface area contributed by atoms with Gasteiger partial charge in [-0.1, -0.05) is 11.6 Å². The van der Waals surface area contributed by atoms with E-state index >= 15 is 0 Å². The summed E-state index contributed by atoms with van der Waals surface area (Å²) in [5, 5.41) is 0.807. The van der Waals surface area contributed by atoms with Crippen molar-refractivity contribution in [2.45, 2.75) is 12.5 Å². The van der Waals surface area contributed by atoms with Crippen LogP contribution >= 0.6 is 23.2 Å². The number of halogens is 2. The number of morpholine rings is 1. The molecule has 1 aromatic heterocycles. The molecule has 3 heterocycles. The van der Waals surface area contributed by atoms with Crippen molar-refractivity contribution in [3.8, 4) is 0 Å². The maximum Gasteiger partial charge on any atom is 0.224 e. The van der Waals surface area contributed by atoms with Crippen molar-refractivity contribution in [3.05, 3.63) is 16.5 Å². The van der Waals surface area contributed by atoms with Crippen LogP contribution in [0.2, 0.25) is 10.3 Å². The second-order valence-electron chi connectivity index (χ2n) is 4.85. The molecule has 2 fully saturated rings. The lowest BCUT2D eigenvalue weighted by Crippen LogP contribution is -2.44. The second-order valence-corrected chi connectivity index (χ2v) is 5.59. The highest BCUT2D eigenvalue weighted by molar-refractivity contribution is 6.33. The van der Waals surface area contributed by atoms with E-state index in [0.717, 1.165) is 51.6 Å². The third kappa shape index (κ3) is 2.94. The van der Waals surface area contributed by atoms with E-state index < -0.39 is 0 Å². The molecule has 3 rings (SSSR count). The summed E-state index contributed by atoms with van der Waals surface area (Å²) in [7, 11) is 0. The molecule has 19 heavy (non-hydrogen) atoms. The Morgan fingerprint density at radius 1 is 1.21 bits per heavy atom. The summed E-state index contributed by atoms with van der Waals surface area (Å²) in [5.74, 6) is 0.748. The van der Waals surface area contributed by atoms with Gasteiger partial charge < -0.3 is 9.64 Å². The highest BCUT2D eigenvalue weighted by atomic mass is 35.5. The van der Waals surface area contributed by atoms with Gasteiger partial charge in [-0.2, -0.15) is 4.98 Å². The summed E-state index contributed by atoms with van der Waals surface area (Å²) >= 11 is 12.0. The number of anilines is 1. The van der Waals surface area contributed by atoms with Crippen LogP contribution in [0.15, 0.2) is 6.20 Å². The first-order chi connectivity index (χ1) is 9.24. The SMILES string of the molecule is Clc1ncc(Cl)c(N2CCC(N3CCOCC3)C2)n1. The minimum atomic E-state index is 0.245. The number of nitrogens with zero attached hydrogens (tertiary/aromatic N) is 4. The lowest BCUT2D eigenvalue weighted by molar-refractivity contribution is 0.0209. The zero-order valence-corrected chi connectivity index (χ0v) is 12.1. The fourth-order valence-electron chi connectivity index (χ4n) is 2.73. The van der Waals surface area contributed by atoms with Gasteiger partial charge in [0.25, 0.3) is 0 Å². The van der Waals surface area contributed by atoms with Crippen LogP contribution in [0.5, 0.6) is 0 Å². The molecule has 1 unspecified atom stereocenters. The minimum Gasteiger partial charge on any atom is -0.379 e. The van der Waals surface area contributed by atoms with E-state index in [-0.39, 0.29) is 5.28 Å². The lowest BCUT2D eigenvalue weighted by Gasteiger charge is -2.32. The monoisotopic (exact) mass is 302 g/mol. The predicted molar refractivity (Wildman–Crippen MR) is 75.1 cm³/mol. The minimum absolute atomic E-state index is 0.245. The molecule has 0 aromatic carbocycles. The Labute approximate surface area is 122 Å². The van der Waals surface area contributed by atoms with Gasteiger partial charge >= 0.3 is 0 Å². The summed E-state index contributed by atoms with van der Waals surface area (Å²) in [6.07, 6.45) is 2.69. The van der Waals surface area contributed by atoms with Gasteiger partial charge in [0.15, 0.2) is 5.82 Å². The zero-order chi connectivity index (χ0) is 13.2. The van der Waals surface area contributed by atoms with E-state index in [2.05, 4.69) is 19.8 Å². The number of rotatable bonds is 2. The van der Waals surface area contributed by atoms with Crippen molar-refractivity contribution in [3.63, 3.8) is 0 Å². The third-order valence-electron chi connectivity index (χ3n) is 3.72. The molecule has 2 saturated heterocycles. The number of aromatic nitrogens is 2. The Hall–Kier alpha value is -0.620. The lowest BCUT2D eigenvalue weighted by atomic mass is 10.2. The van der Waals surface area contributed by atoms with Crippen LogP contribution in [-0.4, -0.2) is 60.3 Å². The van der Waals surface area contributed by atoms with Crippen molar-refractivity contribution >= 4 is 29.0 Å². The normalized spacial score (nSPS) is 24.9. The van der Waals surface area contributed by atoms with Crippen molar-refractivity contribution in [1.82, 2.24) is 14.9 Å². The van der Waals surface area contributed by atoms with Crippen LogP contribution in [0.3, 0.4) is 0 Å². The maximum absolute atomic E-state index is 6.15. The molecule has 1 atom stereocenters. The van der Waals surface area contributed by atoms with Crippen LogP contribution in [0, 0.1) is 0 Å². The first-order valence-corrected chi connectivity index (χ1v) is 7.24. The highest BCUT2D eigenvalue weighted by Crippen LogP contribution is 2.28. The molecule has 2 aliphatic rings. The van der Waals surface area contributed by atoms with Gasteiger partial charge in [-0.15, -0.1) is 0 Å². The summed E-state index contributed by atoms with van der Waals surface area (Å²) in [6, 6.07) is 0.550.